The molecule has 12 heavy (non-hydrogen) atoms. The fraction of sp³-hybridized carbons (Fsp3) is 0.125. The zero-order valence-electron chi connectivity index (χ0n) is 6.40. The van der Waals surface area contributed by atoms with E-state index in [-0.39, 0.29) is 12.3 Å². The van der Waals surface area contributed by atoms with Gasteiger partial charge in [-0.05, 0) is 6.07 Å². The zero-order valence-corrected chi connectivity index (χ0v) is 6.40. The fourth-order valence-electron chi connectivity index (χ4n) is 0.921. The molecule has 0 aliphatic carbocycles. The molecule has 1 rings (SSSR count). The van der Waals surface area contributed by atoms with Crippen LogP contribution in [-0.2, 0) is 11.3 Å². The number of ether oxygens (including phenoxy) is 1. The minimum absolute atomic E-state index is 0.0705. The van der Waals surface area contributed by atoms with Crippen LogP contribution in [0.25, 0.3) is 0 Å². The summed E-state index contributed by atoms with van der Waals surface area (Å²) < 4.78 is 4.56. The van der Waals surface area contributed by atoms with Crippen LogP contribution in [0.4, 0.5) is 5.69 Å². The summed E-state index contributed by atoms with van der Waals surface area (Å²) in [5, 5.41) is 10.4. The van der Waals surface area contributed by atoms with Gasteiger partial charge >= 0.3 is 0 Å². The van der Waals surface area contributed by atoms with E-state index in [1.54, 1.807) is 18.2 Å². The largest absolute Gasteiger partial charge is 0.374 e. The lowest BCUT2D eigenvalue weighted by atomic mass is 10.2. The van der Waals surface area contributed by atoms with Gasteiger partial charge in [0, 0.05) is 6.07 Å². The zero-order chi connectivity index (χ0) is 8.97. The minimum Gasteiger partial charge on any atom is -0.374 e. The van der Waals surface area contributed by atoms with Gasteiger partial charge in [-0.1, -0.05) is 12.1 Å². The van der Waals surface area contributed by atoms with Crippen LogP contribution < -0.4 is 0 Å². The van der Waals surface area contributed by atoms with Crippen LogP contribution in [0.2, 0.25) is 0 Å². The van der Waals surface area contributed by atoms with E-state index in [0.29, 0.717) is 5.56 Å². The molecule has 0 saturated carbocycles. The molecule has 0 aliphatic rings. The molecule has 0 bridgehead atoms. The van der Waals surface area contributed by atoms with Crippen LogP contribution in [0.3, 0.4) is 0 Å². The second kappa shape index (κ2) is 3.82. The highest BCUT2D eigenvalue weighted by atomic mass is 16.6. The molecule has 1 radical (unpaired) electrons. The monoisotopic (exact) mass is 166 g/mol. The van der Waals surface area contributed by atoms with Crippen molar-refractivity contribution in [3.05, 3.63) is 47.1 Å². The van der Waals surface area contributed by atoms with Crippen LogP contribution in [-0.4, -0.2) is 4.92 Å². The summed E-state index contributed by atoms with van der Waals surface area (Å²) >= 11 is 0. The quantitative estimate of drug-likeness (QED) is 0.509. The lowest BCUT2D eigenvalue weighted by Crippen LogP contribution is -1.95. The molecule has 4 heteroatoms. The second-order valence-electron chi connectivity index (χ2n) is 2.23. The Morgan fingerprint density at radius 1 is 1.50 bits per heavy atom. The molecule has 0 fully saturated rings. The highest BCUT2D eigenvalue weighted by Gasteiger charge is 2.10. The van der Waals surface area contributed by atoms with Gasteiger partial charge in [-0.3, -0.25) is 10.1 Å². The normalized spacial score (nSPS) is 9.75. The van der Waals surface area contributed by atoms with Gasteiger partial charge in [0.05, 0.1) is 24.2 Å². The number of nitro groups is 1. The van der Waals surface area contributed by atoms with E-state index in [1.165, 1.54) is 6.07 Å². The maximum Gasteiger partial charge on any atom is 0.274 e. The van der Waals surface area contributed by atoms with Gasteiger partial charge < -0.3 is 4.74 Å². The number of benzene rings is 1. The standard InChI is InChI=1S/C8H8NO3/c1-12-6-7-4-2-3-5-8(7)9(10)11/h2-5H,1,6H2. The molecule has 0 heterocycles. The summed E-state index contributed by atoms with van der Waals surface area (Å²) in [5.74, 6) is 0. The van der Waals surface area contributed by atoms with Gasteiger partial charge in [-0.2, -0.15) is 0 Å². The Balaban J connectivity index is 3.00. The van der Waals surface area contributed by atoms with Crippen LogP contribution >= 0.6 is 0 Å². The molecule has 0 spiro atoms. The van der Waals surface area contributed by atoms with E-state index in [4.69, 9.17) is 0 Å². The maximum absolute atomic E-state index is 10.4. The Morgan fingerprint density at radius 2 is 2.17 bits per heavy atom. The molecule has 1 aromatic carbocycles. The van der Waals surface area contributed by atoms with Crippen molar-refractivity contribution in [3.8, 4) is 0 Å². The lowest BCUT2D eigenvalue weighted by molar-refractivity contribution is -0.385. The first-order chi connectivity index (χ1) is 5.75. The van der Waals surface area contributed by atoms with Gasteiger partial charge in [0.25, 0.3) is 5.69 Å². The van der Waals surface area contributed by atoms with Crippen molar-refractivity contribution >= 4 is 5.69 Å². The number of rotatable bonds is 3. The molecule has 0 amide bonds. The molecule has 1 aromatic rings. The van der Waals surface area contributed by atoms with E-state index >= 15 is 0 Å². The average Bonchev–Trinajstić information content (AvgIpc) is 2.05. The molecule has 0 N–H and O–H groups in total. The molecular formula is C8H8NO3. The van der Waals surface area contributed by atoms with Gasteiger partial charge in [0.15, 0.2) is 0 Å². The molecule has 0 atom stereocenters. The Kier molecular flexibility index (Phi) is 2.76. The van der Waals surface area contributed by atoms with Crippen LogP contribution in [0.5, 0.6) is 0 Å². The van der Waals surface area contributed by atoms with Crippen molar-refractivity contribution in [2.45, 2.75) is 6.61 Å². The van der Waals surface area contributed by atoms with Crippen LogP contribution in [0.15, 0.2) is 24.3 Å². The number of nitro benzene ring substituents is 1. The van der Waals surface area contributed by atoms with Crippen molar-refractivity contribution in [3.63, 3.8) is 0 Å². The highest BCUT2D eigenvalue weighted by Crippen LogP contribution is 2.17. The summed E-state index contributed by atoms with van der Waals surface area (Å²) in [4.78, 5) is 9.99. The summed E-state index contributed by atoms with van der Waals surface area (Å²) in [5.41, 5.74) is 0.610. The Hall–Kier alpha value is -1.42. The van der Waals surface area contributed by atoms with Crippen LogP contribution in [0.1, 0.15) is 5.56 Å². The molecule has 0 aliphatic heterocycles. The third-order valence-electron chi connectivity index (χ3n) is 1.45. The van der Waals surface area contributed by atoms with Crippen molar-refractivity contribution in [2.75, 3.05) is 0 Å². The minimum atomic E-state index is -0.436. The first kappa shape index (κ1) is 8.67. The van der Waals surface area contributed by atoms with Gasteiger partial charge in [-0.25, -0.2) is 0 Å². The van der Waals surface area contributed by atoms with E-state index in [0.717, 1.165) is 0 Å². The summed E-state index contributed by atoms with van der Waals surface area (Å²) in [6.07, 6.45) is 0. The summed E-state index contributed by atoms with van der Waals surface area (Å²) in [7, 11) is 3.16. The van der Waals surface area contributed by atoms with Gasteiger partial charge in [0.2, 0.25) is 0 Å². The third kappa shape index (κ3) is 1.79. The number of para-hydroxylation sites is 1. The SMILES string of the molecule is [CH2]OCc1ccccc1[N+](=O)[O-]. The summed E-state index contributed by atoms with van der Waals surface area (Å²) in [6, 6.07) is 6.42. The van der Waals surface area contributed by atoms with E-state index in [2.05, 4.69) is 11.8 Å². The first-order valence-corrected chi connectivity index (χ1v) is 3.35. The molecule has 0 saturated heterocycles. The van der Waals surface area contributed by atoms with Gasteiger partial charge in [0.1, 0.15) is 0 Å². The first-order valence-electron chi connectivity index (χ1n) is 3.35. The Bertz CT molecular complexity index is 285. The Morgan fingerprint density at radius 3 is 2.75 bits per heavy atom. The summed E-state index contributed by atoms with van der Waals surface area (Å²) in [6.45, 7) is 0.164. The van der Waals surface area contributed by atoms with Crippen molar-refractivity contribution in [1.82, 2.24) is 0 Å². The topological polar surface area (TPSA) is 52.4 Å². The predicted octanol–water partition coefficient (Wildman–Crippen LogP) is 1.90. The second-order valence-corrected chi connectivity index (χ2v) is 2.23. The maximum atomic E-state index is 10.4. The number of nitrogens with zero attached hydrogens (tertiary/aromatic N) is 1. The van der Waals surface area contributed by atoms with Crippen molar-refractivity contribution in [2.24, 2.45) is 0 Å². The number of hydrogen-bond acceptors (Lipinski definition) is 3. The molecule has 63 valence electrons. The Labute approximate surface area is 69.9 Å². The molecule has 0 unspecified atom stereocenters. The van der Waals surface area contributed by atoms with E-state index in [1.807, 2.05) is 0 Å². The molecule has 0 aromatic heterocycles. The van der Waals surface area contributed by atoms with Crippen LogP contribution in [0, 0.1) is 17.2 Å². The lowest BCUT2D eigenvalue weighted by Gasteiger charge is -1.99. The third-order valence-corrected chi connectivity index (χ3v) is 1.45. The smallest absolute Gasteiger partial charge is 0.274 e. The fourth-order valence-corrected chi connectivity index (χ4v) is 0.921. The van der Waals surface area contributed by atoms with E-state index < -0.39 is 4.92 Å². The molecule has 4 nitrogen and oxygen atoms in total. The predicted molar refractivity (Wildman–Crippen MR) is 43.2 cm³/mol. The highest BCUT2D eigenvalue weighted by molar-refractivity contribution is 5.39. The van der Waals surface area contributed by atoms with Crippen molar-refractivity contribution < 1.29 is 9.66 Å². The molecular weight excluding hydrogens is 158 g/mol. The average molecular weight is 166 g/mol. The van der Waals surface area contributed by atoms with Gasteiger partial charge in [-0.15, -0.1) is 0 Å². The van der Waals surface area contributed by atoms with E-state index in [9.17, 15) is 10.1 Å². The number of hydrogen-bond donors (Lipinski definition) is 0. The van der Waals surface area contributed by atoms with Crippen molar-refractivity contribution in [1.29, 1.82) is 0 Å².